The zero-order chi connectivity index (χ0) is 13.5. The molecule has 2 aromatic heterocycles. The van der Waals surface area contributed by atoms with E-state index in [0.717, 1.165) is 16.5 Å². The molecule has 0 spiro atoms. The maximum Gasteiger partial charge on any atom is 0.233 e. The van der Waals surface area contributed by atoms with Crippen molar-refractivity contribution >= 4 is 11.0 Å². The van der Waals surface area contributed by atoms with E-state index in [1.807, 2.05) is 38.1 Å². The van der Waals surface area contributed by atoms with E-state index in [2.05, 4.69) is 10.1 Å². The molecule has 3 aromatic rings. The molecule has 0 fully saturated rings. The second-order valence-electron chi connectivity index (χ2n) is 5.16. The molecule has 5 nitrogen and oxygen atoms in total. The monoisotopic (exact) mass is 257 g/mol. The number of hydrogen-bond acceptors (Lipinski definition) is 5. The number of fused-ring (bicyclic) bond motifs is 1. The maximum atomic E-state index is 5.71. The molecule has 0 saturated heterocycles. The van der Waals surface area contributed by atoms with Crippen LogP contribution in [0, 0.1) is 0 Å². The second kappa shape index (κ2) is 4.20. The fourth-order valence-corrected chi connectivity index (χ4v) is 1.85. The van der Waals surface area contributed by atoms with Crippen LogP contribution in [0.3, 0.4) is 0 Å². The summed E-state index contributed by atoms with van der Waals surface area (Å²) >= 11 is 0. The smallest absolute Gasteiger partial charge is 0.233 e. The number of nitrogens with zero attached hydrogens (tertiary/aromatic N) is 2. The Hall–Kier alpha value is -2.14. The molecule has 1 aromatic carbocycles. The standard InChI is InChI=1S/C14H15N3O2/c1-14(2,8-15)13-16-12(17-19-13)10-7-18-11-6-4-3-5-9(10)11/h3-7H,8,15H2,1-2H3. The lowest BCUT2D eigenvalue weighted by Gasteiger charge is -2.15. The van der Waals surface area contributed by atoms with Gasteiger partial charge >= 0.3 is 0 Å². The molecule has 0 unspecified atom stereocenters. The average Bonchev–Trinajstić information content (AvgIpc) is 3.05. The zero-order valence-electron chi connectivity index (χ0n) is 10.9. The number of hydrogen-bond donors (Lipinski definition) is 1. The third-order valence-corrected chi connectivity index (χ3v) is 3.24. The lowest BCUT2D eigenvalue weighted by Crippen LogP contribution is -2.28. The number of rotatable bonds is 3. The van der Waals surface area contributed by atoms with Crippen molar-refractivity contribution in [2.24, 2.45) is 5.73 Å². The van der Waals surface area contributed by atoms with Gasteiger partial charge < -0.3 is 14.7 Å². The Bertz CT molecular complexity index is 712. The van der Waals surface area contributed by atoms with Crippen LogP contribution in [0.25, 0.3) is 22.4 Å². The van der Waals surface area contributed by atoms with Gasteiger partial charge in [-0.05, 0) is 19.9 Å². The van der Waals surface area contributed by atoms with E-state index < -0.39 is 0 Å². The molecular weight excluding hydrogens is 242 g/mol. The molecule has 5 heteroatoms. The third kappa shape index (κ3) is 1.92. The van der Waals surface area contributed by atoms with Gasteiger partial charge in [0.15, 0.2) is 0 Å². The lowest BCUT2D eigenvalue weighted by molar-refractivity contribution is 0.311. The van der Waals surface area contributed by atoms with Crippen LogP contribution in [0.1, 0.15) is 19.7 Å². The Kier molecular flexibility index (Phi) is 2.64. The molecule has 0 radical (unpaired) electrons. The van der Waals surface area contributed by atoms with E-state index in [4.69, 9.17) is 14.7 Å². The van der Waals surface area contributed by atoms with E-state index >= 15 is 0 Å². The van der Waals surface area contributed by atoms with Gasteiger partial charge in [0.05, 0.1) is 11.0 Å². The molecule has 0 bridgehead atoms. The van der Waals surface area contributed by atoms with Crippen molar-refractivity contribution in [2.75, 3.05) is 6.54 Å². The van der Waals surface area contributed by atoms with Gasteiger partial charge in [0.2, 0.25) is 11.7 Å². The van der Waals surface area contributed by atoms with Crippen LogP contribution < -0.4 is 5.73 Å². The van der Waals surface area contributed by atoms with Crippen LogP contribution in [-0.2, 0) is 5.41 Å². The van der Waals surface area contributed by atoms with Gasteiger partial charge in [0, 0.05) is 11.9 Å². The molecule has 0 atom stereocenters. The number of furan rings is 1. The Morgan fingerprint density at radius 1 is 1.26 bits per heavy atom. The molecule has 98 valence electrons. The molecule has 3 rings (SSSR count). The van der Waals surface area contributed by atoms with Crippen molar-refractivity contribution in [3.63, 3.8) is 0 Å². The molecule has 19 heavy (non-hydrogen) atoms. The minimum Gasteiger partial charge on any atom is -0.464 e. The number of benzene rings is 1. The maximum absolute atomic E-state index is 5.71. The van der Waals surface area contributed by atoms with E-state index in [1.165, 1.54) is 0 Å². The van der Waals surface area contributed by atoms with E-state index in [0.29, 0.717) is 18.3 Å². The van der Waals surface area contributed by atoms with Crippen LogP contribution in [0.4, 0.5) is 0 Å². The summed E-state index contributed by atoms with van der Waals surface area (Å²) in [4.78, 5) is 4.43. The van der Waals surface area contributed by atoms with Crippen molar-refractivity contribution < 1.29 is 8.94 Å². The van der Waals surface area contributed by atoms with Gasteiger partial charge in [-0.3, -0.25) is 0 Å². The summed E-state index contributed by atoms with van der Waals surface area (Å²) in [6.45, 7) is 4.39. The molecule has 0 amide bonds. The summed E-state index contributed by atoms with van der Waals surface area (Å²) in [7, 11) is 0. The van der Waals surface area contributed by atoms with Crippen molar-refractivity contribution in [1.82, 2.24) is 10.1 Å². The molecule has 0 saturated carbocycles. The SMILES string of the molecule is CC(C)(CN)c1nc(-c2coc3ccccc23)no1. The van der Waals surface area contributed by atoms with Gasteiger partial charge in [-0.1, -0.05) is 23.4 Å². The van der Waals surface area contributed by atoms with E-state index in [-0.39, 0.29) is 5.41 Å². The van der Waals surface area contributed by atoms with Crippen LogP contribution in [0.15, 0.2) is 39.5 Å². The second-order valence-corrected chi connectivity index (χ2v) is 5.16. The summed E-state index contributed by atoms with van der Waals surface area (Å²) in [6.07, 6.45) is 1.65. The highest BCUT2D eigenvalue weighted by Crippen LogP contribution is 2.30. The van der Waals surface area contributed by atoms with Crippen LogP contribution >= 0.6 is 0 Å². The first-order valence-corrected chi connectivity index (χ1v) is 6.13. The largest absolute Gasteiger partial charge is 0.464 e. The quantitative estimate of drug-likeness (QED) is 0.780. The van der Waals surface area contributed by atoms with Crippen molar-refractivity contribution in [3.05, 3.63) is 36.4 Å². The normalized spacial score (nSPS) is 12.2. The first kappa shape index (κ1) is 11.9. The van der Waals surface area contributed by atoms with Crippen molar-refractivity contribution in [3.8, 4) is 11.4 Å². The predicted molar refractivity (Wildman–Crippen MR) is 71.6 cm³/mol. The molecule has 2 heterocycles. The van der Waals surface area contributed by atoms with Gasteiger partial charge in [0.1, 0.15) is 11.8 Å². The fraction of sp³-hybridized carbons (Fsp3) is 0.286. The molecule has 2 N–H and O–H groups in total. The number of para-hydroxylation sites is 1. The highest BCUT2D eigenvalue weighted by molar-refractivity contribution is 5.91. The van der Waals surface area contributed by atoms with Crippen LogP contribution in [0.2, 0.25) is 0 Å². The first-order valence-electron chi connectivity index (χ1n) is 6.13. The summed E-state index contributed by atoms with van der Waals surface area (Å²) in [5.41, 5.74) is 7.02. The van der Waals surface area contributed by atoms with E-state index in [9.17, 15) is 0 Å². The third-order valence-electron chi connectivity index (χ3n) is 3.24. The molecule has 0 aliphatic heterocycles. The zero-order valence-corrected chi connectivity index (χ0v) is 10.9. The fourth-order valence-electron chi connectivity index (χ4n) is 1.85. The molecule has 0 aliphatic carbocycles. The molecular formula is C14H15N3O2. The van der Waals surface area contributed by atoms with Crippen molar-refractivity contribution in [2.45, 2.75) is 19.3 Å². The predicted octanol–water partition coefficient (Wildman–Crippen LogP) is 2.72. The molecule has 0 aliphatic rings. The Labute approximate surface area is 110 Å². The topological polar surface area (TPSA) is 78.1 Å². The minimum absolute atomic E-state index is 0.329. The Morgan fingerprint density at radius 2 is 2.05 bits per heavy atom. The minimum atomic E-state index is -0.329. The first-order chi connectivity index (χ1) is 9.12. The van der Waals surface area contributed by atoms with Crippen LogP contribution in [-0.4, -0.2) is 16.7 Å². The highest BCUT2D eigenvalue weighted by atomic mass is 16.5. The van der Waals surface area contributed by atoms with Gasteiger partial charge in [-0.25, -0.2) is 0 Å². The Morgan fingerprint density at radius 3 is 2.84 bits per heavy atom. The highest BCUT2D eigenvalue weighted by Gasteiger charge is 2.27. The van der Waals surface area contributed by atoms with E-state index in [1.54, 1.807) is 6.26 Å². The number of aromatic nitrogens is 2. The summed E-state index contributed by atoms with van der Waals surface area (Å²) in [6, 6.07) is 7.75. The summed E-state index contributed by atoms with van der Waals surface area (Å²) in [5.74, 6) is 1.07. The average molecular weight is 257 g/mol. The summed E-state index contributed by atoms with van der Waals surface area (Å²) in [5, 5.41) is 4.99. The lowest BCUT2D eigenvalue weighted by atomic mass is 9.94. The van der Waals surface area contributed by atoms with Gasteiger partial charge in [-0.2, -0.15) is 4.98 Å². The number of nitrogens with two attached hydrogens (primary N) is 1. The summed E-state index contributed by atoms with van der Waals surface area (Å²) < 4.78 is 10.8. The Balaban J connectivity index is 2.08. The van der Waals surface area contributed by atoms with Crippen molar-refractivity contribution in [1.29, 1.82) is 0 Å². The van der Waals surface area contributed by atoms with Gasteiger partial charge in [-0.15, -0.1) is 0 Å². The van der Waals surface area contributed by atoms with Gasteiger partial charge in [0.25, 0.3) is 0 Å². The van der Waals surface area contributed by atoms with Crippen LogP contribution in [0.5, 0.6) is 0 Å².